The number of rotatable bonds is 5. The molecule has 0 aromatic rings. The molecule has 27 heavy (non-hydrogen) atoms. The highest BCUT2D eigenvalue weighted by Gasteiger charge is 2.28. The van der Waals surface area contributed by atoms with E-state index in [1.165, 1.54) is 71.0 Å². The van der Waals surface area contributed by atoms with E-state index in [1.807, 2.05) is 0 Å². The quantitative estimate of drug-likeness (QED) is 0.728. The van der Waals surface area contributed by atoms with Crippen LogP contribution in [0.25, 0.3) is 0 Å². The van der Waals surface area contributed by atoms with Gasteiger partial charge in [0.1, 0.15) is 0 Å². The summed E-state index contributed by atoms with van der Waals surface area (Å²) in [5.41, 5.74) is 0. The van der Waals surface area contributed by atoms with Crippen LogP contribution >= 0.6 is 24.8 Å². The van der Waals surface area contributed by atoms with Crippen molar-refractivity contribution in [1.82, 2.24) is 15.1 Å². The molecule has 0 saturated carbocycles. The van der Waals surface area contributed by atoms with E-state index < -0.39 is 0 Å². The fourth-order valence-electron chi connectivity index (χ4n) is 5.11. The van der Waals surface area contributed by atoms with Crippen molar-refractivity contribution < 1.29 is 4.79 Å². The molecule has 0 spiro atoms. The zero-order valence-electron chi connectivity index (χ0n) is 17.2. The Hall–Kier alpha value is -0.0300. The summed E-state index contributed by atoms with van der Waals surface area (Å²) in [4.78, 5) is 17.7. The SMILES string of the molecule is CC(CC(=O)N1CCCC(CN2CCCCCC2)C1)C1CCNCC1.Cl.Cl. The average molecular weight is 422 g/mol. The summed E-state index contributed by atoms with van der Waals surface area (Å²) >= 11 is 0. The van der Waals surface area contributed by atoms with Gasteiger partial charge in [0.25, 0.3) is 0 Å². The summed E-state index contributed by atoms with van der Waals surface area (Å²) in [5, 5.41) is 3.44. The number of nitrogens with zero attached hydrogens (tertiary/aromatic N) is 2. The van der Waals surface area contributed by atoms with Gasteiger partial charge in [-0.3, -0.25) is 4.79 Å². The first-order valence-corrected chi connectivity index (χ1v) is 10.9. The lowest BCUT2D eigenvalue weighted by Crippen LogP contribution is -2.44. The summed E-state index contributed by atoms with van der Waals surface area (Å²) in [6.45, 7) is 10.3. The van der Waals surface area contributed by atoms with Gasteiger partial charge in [0.2, 0.25) is 5.91 Å². The first-order chi connectivity index (χ1) is 12.2. The molecule has 1 amide bonds. The van der Waals surface area contributed by atoms with Crippen molar-refractivity contribution in [3.05, 3.63) is 0 Å². The number of hydrogen-bond acceptors (Lipinski definition) is 3. The molecular weight excluding hydrogens is 381 g/mol. The van der Waals surface area contributed by atoms with E-state index in [4.69, 9.17) is 0 Å². The summed E-state index contributed by atoms with van der Waals surface area (Å²) in [7, 11) is 0. The fraction of sp³-hybridized carbons (Fsp3) is 0.952. The van der Waals surface area contributed by atoms with E-state index in [2.05, 4.69) is 22.0 Å². The van der Waals surface area contributed by atoms with Crippen LogP contribution in [-0.2, 0) is 4.79 Å². The molecule has 0 radical (unpaired) electrons. The summed E-state index contributed by atoms with van der Waals surface area (Å²) in [6.07, 6.45) is 11.3. The second kappa shape index (κ2) is 13.2. The van der Waals surface area contributed by atoms with Gasteiger partial charge in [-0.1, -0.05) is 19.8 Å². The molecule has 2 atom stereocenters. The molecule has 2 unspecified atom stereocenters. The Morgan fingerprint density at radius 2 is 1.63 bits per heavy atom. The van der Waals surface area contributed by atoms with E-state index >= 15 is 0 Å². The van der Waals surface area contributed by atoms with Crippen LogP contribution in [0.2, 0.25) is 0 Å². The van der Waals surface area contributed by atoms with Crippen LogP contribution in [0.4, 0.5) is 0 Å². The van der Waals surface area contributed by atoms with Gasteiger partial charge in [0.15, 0.2) is 0 Å². The van der Waals surface area contributed by atoms with Crippen LogP contribution in [-0.4, -0.2) is 61.5 Å². The third kappa shape index (κ3) is 8.08. The maximum Gasteiger partial charge on any atom is 0.222 e. The van der Waals surface area contributed by atoms with Crippen molar-refractivity contribution in [3.63, 3.8) is 0 Å². The third-order valence-corrected chi connectivity index (χ3v) is 6.77. The second-order valence-electron chi connectivity index (χ2n) is 8.83. The Kier molecular flexibility index (Phi) is 12.3. The highest BCUT2D eigenvalue weighted by molar-refractivity contribution is 5.85. The number of piperidine rings is 2. The number of amides is 1. The van der Waals surface area contributed by atoms with E-state index in [1.54, 1.807) is 0 Å². The Labute approximate surface area is 179 Å². The number of hydrogen-bond donors (Lipinski definition) is 1. The van der Waals surface area contributed by atoms with Crippen molar-refractivity contribution in [3.8, 4) is 0 Å². The topological polar surface area (TPSA) is 35.6 Å². The summed E-state index contributed by atoms with van der Waals surface area (Å²) in [6, 6.07) is 0. The van der Waals surface area contributed by atoms with Crippen LogP contribution in [0.3, 0.4) is 0 Å². The molecular formula is C21H41Cl2N3O. The predicted octanol–water partition coefficient (Wildman–Crippen LogP) is 3.97. The molecule has 160 valence electrons. The number of likely N-dealkylation sites (tertiary alicyclic amines) is 2. The Balaban J connectivity index is 0.00000182. The molecule has 3 rings (SSSR count). The molecule has 0 aromatic carbocycles. The van der Waals surface area contributed by atoms with Crippen molar-refractivity contribution >= 4 is 30.7 Å². The predicted molar refractivity (Wildman–Crippen MR) is 118 cm³/mol. The molecule has 3 heterocycles. The van der Waals surface area contributed by atoms with Crippen molar-refractivity contribution in [1.29, 1.82) is 0 Å². The molecule has 3 fully saturated rings. The lowest BCUT2D eigenvalue weighted by atomic mass is 9.83. The number of carbonyl (C=O) groups excluding carboxylic acids is 1. The van der Waals surface area contributed by atoms with E-state index in [-0.39, 0.29) is 24.8 Å². The molecule has 1 N–H and O–H groups in total. The number of halogens is 2. The standard InChI is InChI=1S/C21H39N3O.2ClH/c1-18(20-8-10-22-11-9-20)15-21(25)24-14-6-7-19(17-24)16-23-12-4-2-3-5-13-23;;/h18-20,22H,2-17H2,1H3;2*1H. The average Bonchev–Trinajstić information content (AvgIpc) is 2.91. The Morgan fingerprint density at radius 1 is 0.963 bits per heavy atom. The highest BCUT2D eigenvalue weighted by Crippen LogP contribution is 2.26. The zero-order chi connectivity index (χ0) is 17.5. The lowest BCUT2D eigenvalue weighted by Gasteiger charge is -2.36. The van der Waals surface area contributed by atoms with Crippen molar-refractivity contribution in [2.24, 2.45) is 17.8 Å². The molecule has 0 aliphatic carbocycles. The van der Waals surface area contributed by atoms with E-state index in [0.29, 0.717) is 17.7 Å². The minimum Gasteiger partial charge on any atom is -0.342 e. The van der Waals surface area contributed by atoms with E-state index in [0.717, 1.165) is 38.5 Å². The molecule has 0 bridgehead atoms. The molecule has 3 saturated heterocycles. The molecule has 4 nitrogen and oxygen atoms in total. The smallest absolute Gasteiger partial charge is 0.222 e. The van der Waals surface area contributed by atoms with Crippen molar-refractivity contribution in [2.75, 3.05) is 45.8 Å². The molecule has 0 aromatic heterocycles. The van der Waals surface area contributed by atoms with Crippen LogP contribution in [0.15, 0.2) is 0 Å². The first kappa shape index (κ1) is 25.0. The van der Waals surface area contributed by atoms with Crippen LogP contribution < -0.4 is 5.32 Å². The van der Waals surface area contributed by atoms with Gasteiger partial charge in [-0.15, -0.1) is 24.8 Å². The van der Waals surface area contributed by atoms with E-state index in [9.17, 15) is 4.79 Å². The minimum atomic E-state index is 0. The fourth-order valence-corrected chi connectivity index (χ4v) is 5.11. The second-order valence-corrected chi connectivity index (χ2v) is 8.83. The van der Waals surface area contributed by atoms with Gasteiger partial charge < -0.3 is 15.1 Å². The van der Waals surface area contributed by atoms with Crippen molar-refractivity contribution in [2.45, 2.75) is 64.7 Å². The van der Waals surface area contributed by atoms with Crippen LogP contribution in [0.1, 0.15) is 64.7 Å². The van der Waals surface area contributed by atoms with Gasteiger partial charge >= 0.3 is 0 Å². The third-order valence-electron chi connectivity index (χ3n) is 6.77. The van der Waals surface area contributed by atoms with Crippen LogP contribution in [0, 0.1) is 17.8 Å². The normalized spacial score (nSPS) is 26.4. The van der Waals surface area contributed by atoms with Crippen LogP contribution in [0.5, 0.6) is 0 Å². The van der Waals surface area contributed by atoms with Gasteiger partial charge in [0, 0.05) is 26.1 Å². The zero-order valence-corrected chi connectivity index (χ0v) is 18.8. The largest absolute Gasteiger partial charge is 0.342 e. The molecule has 3 aliphatic heterocycles. The highest BCUT2D eigenvalue weighted by atomic mass is 35.5. The van der Waals surface area contributed by atoms with Gasteiger partial charge in [-0.05, 0) is 82.5 Å². The minimum absolute atomic E-state index is 0. The summed E-state index contributed by atoms with van der Waals surface area (Å²) in [5.74, 6) is 2.40. The number of nitrogens with one attached hydrogen (secondary N) is 1. The first-order valence-electron chi connectivity index (χ1n) is 10.9. The molecule has 6 heteroatoms. The Bertz CT molecular complexity index is 410. The maximum absolute atomic E-state index is 12.8. The lowest BCUT2D eigenvalue weighted by molar-refractivity contribution is -0.134. The Morgan fingerprint density at radius 3 is 2.30 bits per heavy atom. The molecule has 3 aliphatic rings. The maximum atomic E-state index is 12.8. The van der Waals surface area contributed by atoms with Gasteiger partial charge in [0.05, 0.1) is 0 Å². The summed E-state index contributed by atoms with van der Waals surface area (Å²) < 4.78 is 0. The number of carbonyl (C=O) groups is 1. The monoisotopic (exact) mass is 421 g/mol. The van der Waals surface area contributed by atoms with Gasteiger partial charge in [-0.25, -0.2) is 0 Å². The van der Waals surface area contributed by atoms with Gasteiger partial charge in [-0.2, -0.15) is 0 Å².